The highest BCUT2D eigenvalue weighted by Crippen LogP contribution is 2.40. The summed E-state index contributed by atoms with van der Waals surface area (Å²) in [5.41, 5.74) is 2.01. The Balaban J connectivity index is 2.15. The number of Topliss-reactive ketones (excluding diaryl/α,β-unsaturated/α-hetero) is 1. The first-order valence-corrected chi connectivity index (χ1v) is 9.58. The van der Waals surface area contributed by atoms with Gasteiger partial charge >= 0.3 is 0 Å². The van der Waals surface area contributed by atoms with Crippen LogP contribution in [-0.4, -0.2) is 53.5 Å². The molecule has 29 heavy (non-hydrogen) atoms. The Bertz CT molecular complexity index is 950. The molecule has 0 saturated carbocycles. The molecule has 2 aromatic rings. The van der Waals surface area contributed by atoms with E-state index in [4.69, 9.17) is 11.6 Å². The molecule has 1 aliphatic heterocycles. The van der Waals surface area contributed by atoms with E-state index in [1.165, 1.54) is 4.90 Å². The number of hydrogen-bond acceptors (Lipinski definition) is 5. The van der Waals surface area contributed by atoms with Crippen molar-refractivity contribution in [2.45, 2.75) is 19.1 Å². The Morgan fingerprint density at radius 2 is 1.69 bits per heavy atom. The minimum absolute atomic E-state index is 0.00410. The van der Waals surface area contributed by atoms with E-state index in [1.54, 1.807) is 31.2 Å². The molecule has 0 bridgehead atoms. The minimum Gasteiger partial charge on any atom is -0.507 e. The lowest BCUT2D eigenvalue weighted by Crippen LogP contribution is -2.35. The van der Waals surface area contributed by atoms with Crippen LogP contribution >= 0.6 is 11.6 Å². The fourth-order valence-electron chi connectivity index (χ4n) is 3.42. The van der Waals surface area contributed by atoms with Crippen molar-refractivity contribution in [1.82, 2.24) is 4.90 Å². The van der Waals surface area contributed by atoms with E-state index in [0.717, 1.165) is 5.69 Å². The number of anilines is 1. The van der Waals surface area contributed by atoms with Gasteiger partial charge in [0.15, 0.2) is 0 Å². The molecular weight excluding hydrogens is 392 g/mol. The van der Waals surface area contributed by atoms with Crippen molar-refractivity contribution in [2.24, 2.45) is 0 Å². The molecule has 1 fully saturated rings. The summed E-state index contributed by atoms with van der Waals surface area (Å²) < 4.78 is 0. The number of aliphatic hydroxyl groups is 2. The quantitative estimate of drug-likeness (QED) is 0.446. The van der Waals surface area contributed by atoms with Gasteiger partial charge in [-0.05, 0) is 48.9 Å². The average Bonchev–Trinajstić information content (AvgIpc) is 2.92. The summed E-state index contributed by atoms with van der Waals surface area (Å²) >= 11 is 5.91. The molecule has 0 aromatic heterocycles. The Morgan fingerprint density at radius 1 is 1.10 bits per heavy atom. The predicted octanol–water partition coefficient (Wildman–Crippen LogP) is 3.21. The molecule has 2 N–H and O–H groups in total. The van der Waals surface area contributed by atoms with Gasteiger partial charge in [0.05, 0.1) is 17.7 Å². The maximum Gasteiger partial charge on any atom is 0.295 e. The second-order valence-electron chi connectivity index (χ2n) is 7.29. The zero-order valence-corrected chi connectivity index (χ0v) is 17.2. The summed E-state index contributed by atoms with van der Waals surface area (Å²) in [6, 6.07) is 13.0. The van der Waals surface area contributed by atoms with Gasteiger partial charge in [-0.2, -0.15) is 0 Å². The third-order valence-corrected chi connectivity index (χ3v) is 5.10. The fourth-order valence-corrected chi connectivity index (χ4v) is 3.54. The molecule has 3 rings (SSSR count). The van der Waals surface area contributed by atoms with Crippen molar-refractivity contribution in [2.75, 3.05) is 25.5 Å². The van der Waals surface area contributed by atoms with Gasteiger partial charge in [0, 0.05) is 36.9 Å². The van der Waals surface area contributed by atoms with E-state index in [1.807, 2.05) is 43.3 Å². The molecule has 152 valence electrons. The first-order chi connectivity index (χ1) is 13.7. The van der Waals surface area contributed by atoms with Gasteiger partial charge < -0.3 is 20.0 Å². The zero-order chi connectivity index (χ0) is 21.3. The van der Waals surface area contributed by atoms with E-state index < -0.39 is 23.8 Å². The monoisotopic (exact) mass is 414 g/mol. The summed E-state index contributed by atoms with van der Waals surface area (Å²) in [4.78, 5) is 28.7. The van der Waals surface area contributed by atoms with Crippen molar-refractivity contribution in [3.05, 3.63) is 70.3 Å². The van der Waals surface area contributed by atoms with Gasteiger partial charge in [0.1, 0.15) is 5.76 Å². The topological polar surface area (TPSA) is 81.1 Å². The van der Waals surface area contributed by atoms with Gasteiger partial charge in [-0.25, -0.2) is 0 Å². The number of β-amino-alcohol motifs (C(OH)–C–C–N with tert-alkyl or cyclic N) is 1. The van der Waals surface area contributed by atoms with Crippen molar-refractivity contribution in [3.63, 3.8) is 0 Å². The van der Waals surface area contributed by atoms with Crippen molar-refractivity contribution >= 4 is 34.7 Å². The number of aliphatic hydroxyl groups excluding tert-OH is 2. The molecule has 0 aliphatic carbocycles. The predicted molar refractivity (Wildman–Crippen MR) is 113 cm³/mol. The normalized spacial score (nSPS) is 19.5. The third-order valence-electron chi connectivity index (χ3n) is 4.84. The van der Waals surface area contributed by atoms with Gasteiger partial charge in [0.2, 0.25) is 0 Å². The van der Waals surface area contributed by atoms with E-state index >= 15 is 0 Å². The van der Waals surface area contributed by atoms with Gasteiger partial charge in [0.25, 0.3) is 11.7 Å². The first kappa shape index (κ1) is 20.9. The van der Waals surface area contributed by atoms with Crippen molar-refractivity contribution < 1.29 is 19.8 Å². The summed E-state index contributed by atoms with van der Waals surface area (Å²) in [6.45, 7) is 1.52. The number of ketones is 1. The third kappa shape index (κ3) is 4.13. The molecule has 1 saturated heterocycles. The molecule has 0 radical (unpaired) electrons. The van der Waals surface area contributed by atoms with Crippen LogP contribution in [0, 0.1) is 0 Å². The largest absolute Gasteiger partial charge is 0.507 e. The molecule has 1 aliphatic rings. The van der Waals surface area contributed by atoms with Crippen LogP contribution in [-0.2, 0) is 9.59 Å². The molecule has 0 spiro atoms. The van der Waals surface area contributed by atoms with Gasteiger partial charge in [-0.15, -0.1) is 0 Å². The number of nitrogens with zero attached hydrogens (tertiary/aromatic N) is 2. The van der Waals surface area contributed by atoms with Crippen LogP contribution in [0.2, 0.25) is 5.02 Å². The Labute approximate surface area is 174 Å². The summed E-state index contributed by atoms with van der Waals surface area (Å²) in [6.07, 6.45) is -0.827. The lowest BCUT2D eigenvalue weighted by Gasteiger charge is -2.26. The summed E-state index contributed by atoms with van der Waals surface area (Å²) in [5.74, 6) is -1.79. The number of hydrogen-bond donors (Lipinski definition) is 2. The number of carbonyl (C=O) groups excluding carboxylic acids is 2. The maximum absolute atomic E-state index is 12.8. The lowest BCUT2D eigenvalue weighted by molar-refractivity contribution is -0.140. The van der Waals surface area contributed by atoms with E-state index in [0.29, 0.717) is 16.1 Å². The Morgan fingerprint density at radius 3 is 2.21 bits per heavy atom. The zero-order valence-electron chi connectivity index (χ0n) is 16.5. The van der Waals surface area contributed by atoms with Crippen LogP contribution in [0.1, 0.15) is 24.1 Å². The number of amides is 1. The highest BCUT2D eigenvalue weighted by molar-refractivity contribution is 6.46. The lowest BCUT2D eigenvalue weighted by atomic mass is 9.95. The smallest absolute Gasteiger partial charge is 0.295 e. The van der Waals surface area contributed by atoms with Crippen LogP contribution in [0.3, 0.4) is 0 Å². The second kappa shape index (κ2) is 8.27. The Hall–Kier alpha value is -2.83. The highest BCUT2D eigenvalue weighted by Gasteiger charge is 2.46. The van der Waals surface area contributed by atoms with Crippen molar-refractivity contribution in [1.29, 1.82) is 0 Å². The van der Waals surface area contributed by atoms with Crippen LogP contribution in [0.15, 0.2) is 54.1 Å². The maximum atomic E-state index is 12.8. The number of likely N-dealkylation sites (tertiary alicyclic amines) is 1. The van der Waals surface area contributed by atoms with E-state index in [-0.39, 0.29) is 17.9 Å². The molecule has 6 nitrogen and oxygen atoms in total. The highest BCUT2D eigenvalue weighted by atomic mass is 35.5. The molecule has 2 aromatic carbocycles. The molecule has 1 amide bonds. The first-order valence-electron chi connectivity index (χ1n) is 9.20. The molecule has 2 unspecified atom stereocenters. The molecule has 2 atom stereocenters. The van der Waals surface area contributed by atoms with E-state index in [9.17, 15) is 19.8 Å². The summed E-state index contributed by atoms with van der Waals surface area (Å²) in [7, 11) is 3.82. The van der Waals surface area contributed by atoms with Gasteiger partial charge in [-0.1, -0.05) is 23.7 Å². The molecule has 7 heteroatoms. The average molecular weight is 415 g/mol. The van der Waals surface area contributed by atoms with Crippen LogP contribution in [0.5, 0.6) is 0 Å². The number of carbonyl (C=O) groups is 2. The molecular formula is C22H23ClN2O4. The SMILES string of the molecule is CC(O)CN1C(=O)C(=O)C(=C(O)c2ccc(Cl)cc2)C1c1ccc(N(C)C)cc1. The van der Waals surface area contributed by atoms with Crippen LogP contribution in [0.25, 0.3) is 5.76 Å². The second-order valence-corrected chi connectivity index (χ2v) is 7.73. The molecule has 1 heterocycles. The summed E-state index contributed by atoms with van der Waals surface area (Å²) in [5, 5.41) is 21.3. The number of rotatable bonds is 5. The Kier molecular flexibility index (Phi) is 5.96. The van der Waals surface area contributed by atoms with Crippen LogP contribution < -0.4 is 4.90 Å². The van der Waals surface area contributed by atoms with Gasteiger partial charge in [-0.3, -0.25) is 9.59 Å². The number of benzene rings is 2. The standard InChI is InChI=1S/C22H23ClN2O4/c1-13(26)12-25-19(14-6-10-17(11-7-14)24(2)3)18(21(28)22(25)29)20(27)15-4-8-16(23)9-5-15/h4-11,13,19,26-27H,12H2,1-3H3. The number of halogens is 1. The fraction of sp³-hybridized carbons (Fsp3) is 0.273. The van der Waals surface area contributed by atoms with E-state index in [2.05, 4.69) is 0 Å². The van der Waals surface area contributed by atoms with Crippen molar-refractivity contribution in [3.8, 4) is 0 Å². The minimum atomic E-state index is -0.827. The van der Waals surface area contributed by atoms with Crippen LogP contribution in [0.4, 0.5) is 5.69 Å².